The second-order valence-corrected chi connectivity index (χ2v) is 5.68. The van der Waals surface area contributed by atoms with Crippen molar-refractivity contribution >= 4 is 5.91 Å². The van der Waals surface area contributed by atoms with Crippen LogP contribution in [0.5, 0.6) is 0 Å². The van der Waals surface area contributed by atoms with Crippen LogP contribution < -0.4 is 5.32 Å². The third-order valence-corrected chi connectivity index (χ3v) is 3.74. The van der Waals surface area contributed by atoms with Gasteiger partial charge in [0.25, 0.3) is 0 Å². The number of carbonyl (C=O) groups is 1. The number of amides is 1. The summed E-state index contributed by atoms with van der Waals surface area (Å²) in [5.74, 6) is 1.25. The molecular formula is C13H24N2O. The first-order valence-electron chi connectivity index (χ1n) is 6.69. The third kappa shape index (κ3) is 2.57. The smallest absolute Gasteiger partial charge is 0.228 e. The Morgan fingerprint density at radius 3 is 2.38 bits per heavy atom. The predicted octanol–water partition coefficient (Wildman–Crippen LogP) is 1.63. The molecule has 1 aliphatic heterocycles. The Hall–Kier alpha value is -0.570. The van der Waals surface area contributed by atoms with Crippen LogP contribution >= 0.6 is 0 Å². The highest BCUT2D eigenvalue weighted by Crippen LogP contribution is 2.26. The van der Waals surface area contributed by atoms with Crippen LogP contribution in [0.4, 0.5) is 0 Å². The van der Waals surface area contributed by atoms with Crippen molar-refractivity contribution in [2.45, 2.75) is 45.6 Å². The molecule has 92 valence electrons. The van der Waals surface area contributed by atoms with Gasteiger partial charge in [-0.3, -0.25) is 4.79 Å². The van der Waals surface area contributed by atoms with Crippen LogP contribution in [0.1, 0.15) is 39.5 Å². The second kappa shape index (κ2) is 5.17. The summed E-state index contributed by atoms with van der Waals surface area (Å²) in [5.41, 5.74) is 0. The monoisotopic (exact) mass is 224 g/mol. The maximum absolute atomic E-state index is 12.3. The molecule has 2 rings (SSSR count). The molecule has 3 nitrogen and oxygen atoms in total. The van der Waals surface area contributed by atoms with Gasteiger partial charge >= 0.3 is 0 Å². The Labute approximate surface area is 98.6 Å². The van der Waals surface area contributed by atoms with Crippen molar-refractivity contribution in [1.29, 1.82) is 0 Å². The Morgan fingerprint density at radius 2 is 1.94 bits per heavy atom. The van der Waals surface area contributed by atoms with Gasteiger partial charge in [-0.05, 0) is 18.8 Å². The van der Waals surface area contributed by atoms with Gasteiger partial charge in [-0.15, -0.1) is 0 Å². The Kier molecular flexibility index (Phi) is 3.85. The van der Waals surface area contributed by atoms with Crippen LogP contribution in [0.25, 0.3) is 0 Å². The molecule has 16 heavy (non-hydrogen) atoms. The molecule has 0 bridgehead atoms. The molecule has 2 aliphatic rings. The van der Waals surface area contributed by atoms with Gasteiger partial charge in [-0.1, -0.05) is 26.7 Å². The van der Waals surface area contributed by atoms with Crippen molar-refractivity contribution in [2.24, 2.45) is 11.8 Å². The van der Waals surface area contributed by atoms with Gasteiger partial charge in [0, 0.05) is 25.7 Å². The van der Waals surface area contributed by atoms with Crippen LogP contribution in [0.2, 0.25) is 0 Å². The van der Waals surface area contributed by atoms with Gasteiger partial charge in [-0.2, -0.15) is 0 Å². The number of carbonyl (C=O) groups excluding carboxylic acids is 1. The lowest BCUT2D eigenvalue weighted by molar-refractivity contribution is -0.140. The number of nitrogens with one attached hydrogen (secondary N) is 1. The van der Waals surface area contributed by atoms with E-state index in [0.29, 0.717) is 17.9 Å². The lowest BCUT2D eigenvalue weighted by Gasteiger charge is -2.37. The minimum atomic E-state index is 0.263. The van der Waals surface area contributed by atoms with Gasteiger partial charge in [0.2, 0.25) is 5.91 Å². The van der Waals surface area contributed by atoms with Crippen molar-refractivity contribution in [1.82, 2.24) is 10.2 Å². The Bertz CT molecular complexity index is 242. The molecule has 3 heteroatoms. The second-order valence-electron chi connectivity index (χ2n) is 5.68. The maximum atomic E-state index is 12.3. The zero-order valence-corrected chi connectivity index (χ0v) is 10.5. The summed E-state index contributed by atoms with van der Waals surface area (Å²) in [5, 5.41) is 3.19. The molecule has 1 saturated carbocycles. The van der Waals surface area contributed by atoms with Crippen LogP contribution in [0.3, 0.4) is 0 Å². The van der Waals surface area contributed by atoms with Crippen molar-refractivity contribution in [3.8, 4) is 0 Å². The van der Waals surface area contributed by atoms with Gasteiger partial charge in [0.15, 0.2) is 0 Å². The summed E-state index contributed by atoms with van der Waals surface area (Å²) >= 11 is 0. The fourth-order valence-electron chi connectivity index (χ4n) is 2.73. The predicted molar refractivity (Wildman–Crippen MR) is 65.2 cm³/mol. The zero-order valence-electron chi connectivity index (χ0n) is 10.5. The van der Waals surface area contributed by atoms with Gasteiger partial charge < -0.3 is 10.2 Å². The van der Waals surface area contributed by atoms with Crippen LogP contribution in [-0.2, 0) is 4.79 Å². The summed E-state index contributed by atoms with van der Waals surface area (Å²) < 4.78 is 0. The van der Waals surface area contributed by atoms with Crippen LogP contribution in [0, 0.1) is 11.8 Å². The topological polar surface area (TPSA) is 32.3 Å². The third-order valence-electron chi connectivity index (χ3n) is 3.74. The standard InChI is InChI=1S/C13H24N2O/c1-10(2)9-15(12-5-3-4-6-12)13(16)11-7-14-8-11/h10-12,14H,3-9H2,1-2H3. The highest BCUT2D eigenvalue weighted by atomic mass is 16.2. The first kappa shape index (κ1) is 11.9. The highest BCUT2D eigenvalue weighted by Gasteiger charge is 2.34. The molecule has 0 aromatic heterocycles. The normalized spacial score (nSPS) is 22.4. The van der Waals surface area contributed by atoms with E-state index in [1.165, 1.54) is 25.7 Å². The van der Waals surface area contributed by atoms with E-state index in [9.17, 15) is 4.79 Å². The first-order valence-corrected chi connectivity index (χ1v) is 6.69. The molecule has 1 amide bonds. The van der Waals surface area contributed by atoms with E-state index in [-0.39, 0.29) is 5.92 Å². The van der Waals surface area contributed by atoms with E-state index in [1.807, 2.05) is 0 Å². The van der Waals surface area contributed by atoms with Gasteiger partial charge in [0.05, 0.1) is 5.92 Å². The molecule has 0 atom stereocenters. The molecular weight excluding hydrogens is 200 g/mol. The summed E-state index contributed by atoms with van der Waals surface area (Å²) in [6.45, 7) is 7.13. The van der Waals surface area contributed by atoms with E-state index in [0.717, 1.165) is 19.6 Å². The first-order chi connectivity index (χ1) is 7.68. The molecule has 0 aromatic carbocycles. The summed E-state index contributed by atoms with van der Waals surface area (Å²) in [4.78, 5) is 14.5. The van der Waals surface area contributed by atoms with Crippen molar-refractivity contribution in [3.63, 3.8) is 0 Å². The van der Waals surface area contributed by atoms with Crippen molar-refractivity contribution in [2.75, 3.05) is 19.6 Å². The molecule has 1 aliphatic carbocycles. The fourth-order valence-corrected chi connectivity index (χ4v) is 2.73. The lowest BCUT2D eigenvalue weighted by Crippen LogP contribution is -2.54. The van der Waals surface area contributed by atoms with Gasteiger partial charge in [-0.25, -0.2) is 0 Å². The minimum Gasteiger partial charge on any atom is -0.339 e. The average Bonchev–Trinajstić information content (AvgIpc) is 2.63. The van der Waals surface area contributed by atoms with Gasteiger partial charge in [0.1, 0.15) is 0 Å². The fraction of sp³-hybridized carbons (Fsp3) is 0.923. The zero-order chi connectivity index (χ0) is 11.5. The van der Waals surface area contributed by atoms with Crippen molar-refractivity contribution < 1.29 is 4.79 Å². The van der Waals surface area contributed by atoms with Crippen LogP contribution in [-0.4, -0.2) is 36.5 Å². The van der Waals surface area contributed by atoms with E-state index < -0.39 is 0 Å². The van der Waals surface area contributed by atoms with Crippen molar-refractivity contribution in [3.05, 3.63) is 0 Å². The number of nitrogens with zero attached hydrogens (tertiary/aromatic N) is 1. The van der Waals surface area contributed by atoms with E-state index in [4.69, 9.17) is 0 Å². The lowest BCUT2D eigenvalue weighted by atomic mass is 9.99. The number of rotatable bonds is 4. The summed E-state index contributed by atoms with van der Waals surface area (Å²) in [6.07, 6.45) is 5.04. The van der Waals surface area contributed by atoms with E-state index >= 15 is 0 Å². The number of hydrogen-bond donors (Lipinski definition) is 1. The molecule has 1 N–H and O–H groups in total. The summed E-state index contributed by atoms with van der Waals surface area (Å²) in [6, 6.07) is 0.537. The molecule has 0 aromatic rings. The molecule has 2 fully saturated rings. The number of hydrogen-bond acceptors (Lipinski definition) is 2. The maximum Gasteiger partial charge on any atom is 0.228 e. The highest BCUT2D eigenvalue weighted by molar-refractivity contribution is 5.80. The SMILES string of the molecule is CC(C)CN(C(=O)C1CNC1)C1CCCC1. The minimum absolute atomic E-state index is 0.263. The Balaban J connectivity index is 1.97. The van der Waals surface area contributed by atoms with E-state index in [2.05, 4.69) is 24.1 Å². The molecule has 0 unspecified atom stereocenters. The Morgan fingerprint density at radius 1 is 1.31 bits per heavy atom. The van der Waals surface area contributed by atoms with Crippen LogP contribution in [0.15, 0.2) is 0 Å². The van der Waals surface area contributed by atoms with E-state index in [1.54, 1.807) is 0 Å². The average molecular weight is 224 g/mol. The summed E-state index contributed by atoms with van der Waals surface area (Å²) in [7, 11) is 0. The molecule has 0 radical (unpaired) electrons. The quantitative estimate of drug-likeness (QED) is 0.787. The molecule has 1 heterocycles. The molecule has 0 spiro atoms. The largest absolute Gasteiger partial charge is 0.339 e. The molecule has 1 saturated heterocycles.